The molecule has 168 valence electrons. The zero-order chi connectivity index (χ0) is 23.9. The van der Waals surface area contributed by atoms with Crippen LogP contribution in [0.1, 0.15) is 11.1 Å². The first kappa shape index (κ1) is 21.0. The Morgan fingerprint density at radius 1 is 0.914 bits per heavy atom. The minimum atomic E-state index is -0.499. The van der Waals surface area contributed by atoms with E-state index >= 15 is 0 Å². The van der Waals surface area contributed by atoms with E-state index in [1.165, 1.54) is 16.7 Å². The van der Waals surface area contributed by atoms with Crippen molar-refractivity contribution in [3.8, 4) is 6.07 Å². The summed E-state index contributed by atoms with van der Waals surface area (Å²) in [5, 5.41) is 25.4. The maximum absolute atomic E-state index is 13.5. The molecule has 0 aromatic heterocycles. The number of para-hydroxylation sites is 2. The maximum Gasteiger partial charge on any atom is 0.267 e. The average molecular weight is 474 g/mol. The second-order valence-corrected chi connectivity index (χ2v) is 9.35. The van der Waals surface area contributed by atoms with Crippen LogP contribution in [0.15, 0.2) is 107 Å². The van der Waals surface area contributed by atoms with Crippen molar-refractivity contribution in [3.63, 3.8) is 0 Å². The number of thioether (sulfide) groups is 1. The number of fused-ring (bicyclic) bond motifs is 2. The number of benzene rings is 3. The predicted molar refractivity (Wildman–Crippen MR) is 140 cm³/mol. The lowest BCUT2D eigenvalue weighted by Crippen LogP contribution is -2.44. The molecule has 6 rings (SSSR count). The number of amides is 1. The molecule has 6 nitrogen and oxygen atoms in total. The Morgan fingerprint density at radius 3 is 2.14 bits per heavy atom. The van der Waals surface area contributed by atoms with Crippen LogP contribution in [-0.2, 0) is 4.79 Å². The fourth-order valence-corrected chi connectivity index (χ4v) is 5.85. The van der Waals surface area contributed by atoms with Gasteiger partial charge in [-0.25, -0.2) is 0 Å². The molecule has 3 aliphatic rings. The fraction of sp³-hybridized carbons (Fsp3) is 0.0357. The lowest BCUT2D eigenvalue weighted by molar-refractivity contribution is -0.122. The lowest BCUT2D eigenvalue weighted by Gasteiger charge is -2.34. The number of nitrogens with zero attached hydrogens (tertiary/aromatic N) is 2. The minimum absolute atomic E-state index is 0.0785. The van der Waals surface area contributed by atoms with E-state index in [0.717, 1.165) is 28.1 Å². The van der Waals surface area contributed by atoms with E-state index in [1.807, 2.05) is 91.0 Å². The Hall–Kier alpha value is -4.54. The first-order chi connectivity index (χ1) is 17.2. The third-order valence-electron chi connectivity index (χ3n) is 6.13. The monoisotopic (exact) mass is 473 g/mol. The molecule has 0 unspecified atom stereocenters. The van der Waals surface area contributed by atoms with Crippen molar-refractivity contribution in [3.05, 3.63) is 118 Å². The Kier molecular flexibility index (Phi) is 5.02. The number of rotatable bonds is 2. The van der Waals surface area contributed by atoms with E-state index in [2.05, 4.69) is 16.7 Å². The smallest absolute Gasteiger partial charge is 0.267 e. The Labute approximate surface area is 206 Å². The van der Waals surface area contributed by atoms with Gasteiger partial charge < -0.3 is 10.6 Å². The molecule has 0 spiro atoms. The van der Waals surface area contributed by atoms with Gasteiger partial charge in [0.15, 0.2) is 0 Å². The van der Waals surface area contributed by atoms with Crippen molar-refractivity contribution in [1.29, 1.82) is 10.7 Å². The highest BCUT2D eigenvalue weighted by molar-refractivity contribution is 8.05. The number of nitrogens with one attached hydrogen (secondary N) is 3. The van der Waals surface area contributed by atoms with Gasteiger partial charge in [-0.1, -0.05) is 84.6 Å². The number of hydrogen-bond acceptors (Lipinski definition) is 6. The molecule has 7 heteroatoms. The Morgan fingerprint density at radius 2 is 1.51 bits per heavy atom. The molecule has 0 radical (unpaired) electrons. The number of hydrogen-bond donors (Lipinski definition) is 3. The van der Waals surface area contributed by atoms with Crippen molar-refractivity contribution in [2.45, 2.75) is 5.37 Å². The number of amidine groups is 1. The van der Waals surface area contributed by atoms with E-state index < -0.39 is 5.37 Å². The van der Waals surface area contributed by atoms with Gasteiger partial charge in [0.2, 0.25) is 0 Å². The third-order valence-corrected chi connectivity index (χ3v) is 7.35. The average Bonchev–Trinajstić information content (AvgIpc) is 3.46. The molecular weight excluding hydrogens is 454 g/mol. The van der Waals surface area contributed by atoms with Crippen LogP contribution in [0.25, 0.3) is 11.6 Å². The zero-order valence-electron chi connectivity index (χ0n) is 18.4. The van der Waals surface area contributed by atoms with Crippen molar-refractivity contribution >= 4 is 46.5 Å². The summed E-state index contributed by atoms with van der Waals surface area (Å²) in [5.74, 6) is 0.356. The first-order valence-corrected chi connectivity index (χ1v) is 12.0. The highest BCUT2D eigenvalue weighted by atomic mass is 32.2. The SMILES string of the molecule is N#CC1=C(c2ccccc2)C(=C2Nc3ccccc3N2)[C@H]2S/C(=C\c3ccccc3)C(=O)N2C1=N. The third kappa shape index (κ3) is 3.43. The second-order valence-electron chi connectivity index (χ2n) is 8.23. The normalized spacial score (nSPS) is 19.9. The predicted octanol–water partition coefficient (Wildman–Crippen LogP) is 5.65. The van der Waals surface area contributed by atoms with E-state index in [9.17, 15) is 10.1 Å². The van der Waals surface area contributed by atoms with Crippen LogP contribution in [0.5, 0.6) is 0 Å². The first-order valence-electron chi connectivity index (χ1n) is 11.1. The largest absolute Gasteiger partial charge is 0.340 e. The van der Waals surface area contributed by atoms with Crippen molar-refractivity contribution < 1.29 is 4.79 Å². The summed E-state index contributed by atoms with van der Waals surface area (Å²) in [6.07, 6.45) is 1.85. The molecule has 3 N–H and O–H groups in total. The molecule has 3 aliphatic heterocycles. The van der Waals surface area contributed by atoms with Crippen molar-refractivity contribution in [1.82, 2.24) is 4.90 Å². The minimum Gasteiger partial charge on any atom is -0.340 e. The van der Waals surface area contributed by atoms with E-state index in [4.69, 9.17) is 5.41 Å². The molecule has 1 atom stereocenters. The molecule has 3 aromatic rings. The van der Waals surface area contributed by atoms with Gasteiger partial charge in [0.25, 0.3) is 5.91 Å². The molecule has 3 aromatic carbocycles. The highest BCUT2D eigenvalue weighted by Crippen LogP contribution is 2.50. The van der Waals surface area contributed by atoms with Gasteiger partial charge in [-0.3, -0.25) is 15.1 Å². The molecular formula is C28H19N5OS. The quantitative estimate of drug-likeness (QED) is 0.419. The number of nitriles is 1. The molecule has 1 fully saturated rings. The summed E-state index contributed by atoms with van der Waals surface area (Å²) < 4.78 is 0. The molecule has 0 aliphatic carbocycles. The Balaban J connectivity index is 1.56. The summed E-state index contributed by atoms with van der Waals surface area (Å²) in [7, 11) is 0. The van der Waals surface area contributed by atoms with Gasteiger partial charge >= 0.3 is 0 Å². The molecule has 0 saturated carbocycles. The van der Waals surface area contributed by atoms with E-state index in [1.54, 1.807) is 0 Å². The summed E-state index contributed by atoms with van der Waals surface area (Å²) in [5.41, 5.74) is 5.17. The molecule has 35 heavy (non-hydrogen) atoms. The molecule has 0 bridgehead atoms. The van der Waals surface area contributed by atoms with Gasteiger partial charge in [0.1, 0.15) is 28.7 Å². The fourth-order valence-electron chi connectivity index (χ4n) is 4.55. The molecule has 1 amide bonds. The maximum atomic E-state index is 13.5. The van der Waals surface area contributed by atoms with Crippen LogP contribution in [-0.4, -0.2) is 22.0 Å². The standard InChI is InChI=1S/C28H19N5OS/c29-16-19-23(18-11-5-2-6-12-18)24(26-31-20-13-7-8-14-21(20)32-26)28-33(25(19)30)27(34)22(35-28)15-17-9-3-1-4-10-17/h1-15,28,30-32H/b22-15-,30-25?/t28-/m1/s1. The molecule has 1 saturated heterocycles. The topological polar surface area (TPSA) is 92.0 Å². The van der Waals surface area contributed by atoms with Crippen LogP contribution in [0.2, 0.25) is 0 Å². The Bertz CT molecular complexity index is 1490. The second kappa shape index (κ2) is 8.35. The number of anilines is 2. The highest BCUT2D eigenvalue weighted by Gasteiger charge is 2.48. The van der Waals surface area contributed by atoms with Gasteiger partial charge in [0.05, 0.1) is 16.3 Å². The van der Waals surface area contributed by atoms with Crippen LogP contribution in [0.4, 0.5) is 11.4 Å². The summed E-state index contributed by atoms with van der Waals surface area (Å²) in [6, 6.07) is 29.3. The van der Waals surface area contributed by atoms with Crippen LogP contribution < -0.4 is 10.6 Å². The van der Waals surface area contributed by atoms with Gasteiger partial charge in [0, 0.05) is 11.1 Å². The van der Waals surface area contributed by atoms with E-state index in [-0.39, 0.29) is 17.3 Å². The lowest BCUT2D eigenvalue weighted by atomic mass is 9.88. The van der Waals surface area contributed by atoms with Gasteiger partial charge in [-0.05, 0) is 29.3 Å². The molecule has 3 heterocycles. The van der Waals surface area contributed by atoms with Crippen molar-refractivity contribution in [2.75, 3.05) is 10.6 Å². The van der Waals surface area contributed by atoms with Gasteiger partial charge in [-0.2, -0.15) is 5.26 Å². The number of carbonyl (C=O) groups excluding carboxylic acids is 1. The van der Waals surface area contributed by atoms with Crippen LogP contribution in [0, 0.1) is 16.7 Å². The summed E-state index contributed by atoms with van der Waals surface area (Å²) in [6.45, 7) is 0. The summed E-state index contributed by atoms with van der Waals surface area (Å²) >= 11 is 1.40. The van der Waals surface area contributed by atoms with Crippen LogP contribution in [0.3, 0.4) is 0 Å². The van der Waals surface area contributed by atoms with Crippen LogP contribution >= 0.6 is 11.8 Å². The van der Waals surface area contributed by atoms with Gasteiger partial charge in [-0.15, -0.1) is 0 Å². The van der Waals surface area contributed by atoms with E-state index in [0.29, 0.717) is 16.3 Å². The number of carbonyl (C=O) groups is 1. The summed E-state index contributed by atoms with van der Waals surface area (Å²) in [4.78, 5) is 15.5. The zero-order valence-corrected chi connectivity index (χ0v) is 19.3. The van der Waals surface area contributed by atoms with Crippen molar-refractivity contribution in [2.24, 2.45) is 0 Å².